The van der Waals surface area contributed by atoms with Gasteiger partial charge in [-0.05, 0) is 62.1 Å². The predicted octanol–water partition coefficient (Wildman–Crippen LogP) is 4.25. The predicted molar refractivity (Wildman–Crippen MR) is 126 cm³/mol. The molecule has 0 bridgehead atoms. The van der Waals surface area contributed by atoms with E-state index in [2.05, 4.69) is 17.2 Å². The number of carbonyl (C=O) groups excluding carboxylic acids is 1. The van der Waals surface area contributed by atoms with Crippen LogP contribution in [0.25, 0.3) is 11.0 Å². The molecule has 0 unspecified atom stereocenters. The molecule has 33 heavy (non-hydrogen) atoms. The van der Waals surface area contributed by atoms with Gasteiger partial charge in [-0.3, -0.25) is 4.79 Å². The summed E-state index contributed by atoms with van der Waals surface area (Å²) in [5.74, 6) is -0.0550. The third-order valence-electron chi connectivity index (χ3n) is 5.92. The van der Waals surface area contributed by atoms with Crippen molar-refractivity contribution in [3.8, 4) is 0 Å². The molecule has 7 nitrogen and oxygen atoms in total. The summed E-state index contributed by atoms with van der Waals surface area (Å²) < 4.78 is 43.5. The van der Waals surface area contributed by atoms with E-state index < -0.39 is 15.8 Å². The maximum absolute atomic E-state index is 14.0. The first-order valence-electron chi connectivity index (χ1n) is 11.3. The number of benzene rings is 2. The van der Waals surface area contributed by atoms with E-state index in [1.807, 2.05) is 4.57 Å². The maximum atomic E-state index is 14.0. The van der Waals surface area contributed by atoms with E-state index >= 15 is 0 Å². The number of fused-ring (bicyclic) bond motifs is 1. The van der Waals surface area contributed by atoms with Crippen molar-refractivity contribution in [1.29, 1.82) is 0 Å². The Labute approximate surface area is 193 Å². The highest BCUT2D eigenvalue weighted by Crippen LogP contribution is 2.26. The first-order valence-corrected chi connectivity index (χ1v) is 12.8. The average molecular weight is 473 g/mol. The molecule has 0 saturated carbocycles. The van der Waals surface area contributed by atoms with Gasteiger partial charge in [0.25, 0.3) is 0 Å². The van der Waals surface area contributed by atoms with Gasteiger partial charge in [0.2, 0.25) is 15.9 Å². The third kappa shape index (κ3) is 4.94. The molecule has 1 aromatic heterocycles. The fourth-order valence-electron chi connectivity index (χ4n) is 4.22. The number of rotatable bonds is 8. The van der Waals surface area contributed by atoms with Crippen molar-refractivity contribution in [2.75, 3.05) is 18.4 Å². The second-order valence-corrected chi connectivity index (χ2v) is 10.4. The van der Waals surface area contributed by atoms with Crippen molar-refractivity contribution in [3.05, 3.63) is 53.6 Å². The second kappa shape index (κ2) is 9.61. The Hall–Kier alpha value is -2.78. The van der Waals surface area contributed by atoms with E-state index in [1.165, 1.54) is 10.4 Å². The molecule has 1 N–H and O–H groups in total. The minimum atomic E-state index is -3.53. The highest BCUT2D eigenvalue weighted by molar-refractivity contribution is 7.89. The minimum Gasteiger partial charge on any atom is -0.328 e. The molecule has 176 valence electrons. The number of nitrogens with one attached hydrogen (secondary N) is 1. The molecule has 0 spiro atoms. The Morgan fingerprint density at radius 2 is 1.91 bits per heavy atom. The van der Waals surface area contributed by atoms with Crippen molar-refractivity contribution in [2.24, 2.45) is 0 Å². The van der Waals surface area contributed by atoms with Crippen LogP contribution in [0.15, 0.2) is 41.3 Å². The highest BCUT2D eigenvalue weighted by atomic mass is 32.2. The van der Waals surface area contributed by atoms with Crippen LogP contribution in [-0.4, -0.2) is 41.3 Å². The van der Waals surface area contributed by atoms with Crippen molar-refractivity contribution in [2.45, 2.75) is 57.4 Å². The average Bonchev–Trinajstić information content (AvgIpc) is 3.43. The molecule has 0 atom stereocenters. The van der Waals surface area contributed by atoms with Crippen LogP contribution in [0.4, 0.5) is 10.1 Å². The molecule has 2 aromatic carbocycles. The first kappa shape index (κ1) is 23.4. The lowest BCUT2D eigenvalue weighted by molar-refractivity contribution is -0.116. The summed E-state index contributed by atoms with van der Waals surface area (Å²) in [4.78, 5) is 17.4. The summed E-state index contributed by atoms with van der Waals surface area (Å²) in [6.45, 7) is 5.64. The normalized spacial score (nSPS) is 14.8. The number of aromatic nitrogens is 2. The van der Waals surface area contributed by atoms with Gasteiger partial charge in [0.1, 0.15) is 11.6 Å². The number of aryl methyl sites for hydroxylation is 3. The summed E-state index contributed by atoms with van der Waals surface area (Å²) >= 11 is 0. The van der Waals surface area contributed by atoms with Crippen molar-refractivity contribution in [1.82, 2.24) is 13.9 Å². The van der Waals surface area contributed by atoms with Gasteiger partial charge in [0.15, 0.2) is 0 Å². The number of halogens is 1. The molecule has 1 saturated heterocycles. The molecule has 1 aliphatic rings. The molecule has 1 fully saturated rings. The molecule has 9 heteroatoms. The lowest BCUT2D eigenvalue weighted by Crippen LogP contribution is -2.27. The van der Waals surface area contributed by atoms with Crippen molar-refractivity contribution in [3.63, 3.8) is 0 Å². The monoisotopic (exact) mass is 472 g/mol. The summed E-state index contributed by atoms with van der Waals surface area (Å²) in [6, 6.07) is 9.74. The van der Waals surface area contributed by atoms with Gasteiger partial charge < -0.3 is 9.88 Å². The minimum absolute atomic E-state index is 0.138. The third-order valence-corrected chi connectivity index (χ3v) is 7.82. The van der Waals surface area contributed by atoms with Crippen LogP contribution in [0.3, 0.4) is 0 Å². The Morgan fingerprint density at radius 1 is 1.15 bits per heavy atom. The van der Waals surface area contributed by atoms with Gasteiger partial charge in [-0.1, -0.05) is 13.0 Å². The lowest BCUT2D eigenvalue weighted by Gasteiger charge is -2.15. The summed E-state index contributed by atoms with van der Waals surface area (Å²) in [6.07, 6.45) is 3.13. The van der Waals surface area contributed by atoms with E-state index in [4.69, 9.17) is 0 Å². The number of imidazole rings is 1. The Bertz CT molecular complexity index is 1280. The molecule has 0 radical (unpaired) electrons. The van der Waals surface area contributed by atoms with E-state index in [1.54, 1.807) is 37.3 Å². The fourth-order valence-corrected chi connectivity index (χ4v) is 5.76. The van der Waals surface area contributed by atoms with Crippen LogP contribution in [0.5, 0.6) is 0 Å². The Balaban J connectivity index is 1.55. The van der Waals surface area contributed by atoms with Crippen LogP contribution >= 0.6 is 0 Å². The zero-order valence-corrected chi connectivity index (χ0v) is 19.8. The zero-order valence-electron chi connectivity index (χ0n) is 19.0. The standard InChI is InChI=1S/C24H29FN4O3S/c1-3-12-29-22-9-7-18(33(31,32)28-13-4-5-14-28)16-21(22)26-23(29)10-11-24(30)27-20-8-6-17(2)15-19(20)25/h6-9,15-16H,3-5,10-14H2,1-2H3,(H,27,30). The summed E-state index contributed by atoms with van der Waals surface area (Å²) in [5.41, 5.74) is 2.38. The van der Waals surface area contributed by atoms with Gasteiger partial charge in [0.05, 0.1) is 21.6 Å². The van der Waals surface area contributed by atoms with E-state index in [0.29, 0.717) is 37.4 Å². The molecule has 2 heterocycles. The number of amides is 1. The van der Waals surface area contributed by atoms with Gasteiger partial charge in [-0.25, -0.2) is 17.8 Å². The van der Waals surface area contributed by atoms with Crippen LogP contribution < -0.4 is 5.32 Å². The van der Waals surface area contributed by atoms with E-state index in [0.717, 1.165) is 30.3 Å². The number of hydrogen-bond donors (Lipinski definition) is 1. The molecule has 0 aliphatic carbocycles. The van der Waals surface area contributed by atoms with Crippen LogP contribution in [0.1, 0.15) is 44.0 Å². The largest absolute Gasteiger partial charge is 0.328 e. The van der Waals surface area contributed by atoms with E-state index in [-0.39, 0.29) is 22.9 Å². The van der Waals surface area contributed by atoms with Gasteiger partial charge in [-0.15, -0.1) is 0 Å². The zero-order chi connectivity index (χ0) is 23.6. The number of nitrogens with zero attached hydrogens (tertiary/aromatic N) is 3. The topological polar surface area (TPSA) is 84.3 Å². The molecule has 4 rings (SSSR count). The molecular weight excluding hydrogens is 443 g/mol. The smallest absolute Gasteiger partial charge is 0.243 e. The summed E-state index contributed by atoms with van der Waals surface area (Å²) in [5, 5.41) is 2.62. The highest BCUT2D eigenvalue weighted by Gasteiger charge is 2.28. The number of sulfonamides is 1. The molecular formula is C24H29FN4O3S. The van der Waals surface area contributed by atoms with Crippen LogP contribution in [-0.2, 0) is 27.8 Å². The SMILES string of the molecule is CCCn1c(CCC(=O)Nc2ccc(C)cc2F)nc2cc(S(=O)(=O)N3CCCC3)ccc21. The lowest BCUT2D eigenvalue weighted by atomic mass is 10.2. The second-order valence-electron chi connectivity index (χ2n) is 8.47. The quantitative estimate of drug-likeness (QED) is 0.531. The number of anilines is 1. The van der Waals surface area contributed by atoms with Gasteiger partial charge in [0, 0.05) is 32.5 Å². The number of carbonyl (C=O) groups is 1. The maximum Gasteiger partial charge on any atom is 0.243 e. The van der Waals surface area contributed by atoms with Crippen molar-refractivity contribution >= 4 is 32.7 Å². The molecule has 1 aliphatic heterocycles. The van der Waals surface area contributed by atoms with Gasteiger partial charge in [-0.2, -0.15) is 4.31 Å². The Kier molecular flexibility index (Phi) is 6.81. The number of hydrogen-bond acceptors (Lipinski definition) is 4. The van der Waals surface area contributed by atoms with Crippen LogP contribution in [0, 0.1) is 12.7 Å². The van der Waals surface area contributed by atoms with Crippen molar-refractivity contribution < 1.29 is 17.6 Å². The van der Waals surface area contributed by atoms with E-state index in [9.17, 15) is 17.6 Å². The Morgan fingerprint density at radius 3 is 2.61 bits per heavy atom. The molecule has 1 amide bonds. The van der Waals surface area contributed by atoms with Crippen LogP contribution in [0.2, 0.25) is 0 Å². The molecule has 3 aromatic rings. The first-order chi connectivity index (χ1) is 15.8. The fraction of sp³-hybridized carbons (Fsp3) is 0.417. The van der Waals surface area contributed by atoms with Gasteiger partial charge >= 0.3 is 0 Å². The summed E-state index contributed by atoms with van der Waals surface area (Å²) in [7, 11) is -3.53.